The van der Waals surface area contributed by atoms with E-state index in [0.29, 0.717) is 0 Å². The van der Waals surface area contributed by atoms with Crippen molar-refractivity contribution >= 4 is 17.5 Å². The molecule has 4 nitrogen and oxygen atoms in total. The highest BCUT2D eigenvalue weighted by atomic mass is 19.1. The lowest BCUT2D eigenvalue weighted by atomic mass is 9.86. The lowest BCUT2D eigenvalue weighted by molar-refractivity contribution is -0.128. The van der Waals surface area contributed by atoms with Gasteiger partial charge in [0, 0.05) is 25.3 Å². The van der Waals surface area contributed by atoms with Crippen LogP contribution in [0, 0.1) is 32.5 Å². The van der Waals surface area contributed by atoms with Gasteiger partial charge in [-0.05, 0) is 55.2 Å². The maximum atomic E-state index is 12.9. The van der Waals surface area contributed by atoms with Crippen molar-refractivity contribution in [1.29, 1.82) is 0 Å². The van der Waals surface area contributed by atoms with E-state index in [1.165, 1.54) is 12.1 Å². The molecule has 1 aliphatic rings. The Bertz CT molecular complexity index is 910. The van der Waals surface area contributed by atoms with Crippen molar-refractivity contribution in [3.8, 4) is 0 Å². The number of carbonyl (C=O) groups excluding carboxylic acids is 3. The Morgan fingerprint density at radius 2 is 1.68 bits per heavy atom. The summed E-state index contributed by atoms with van der Waals surface area (Å²) in [5.41, 5.74) is 4.52. The first-order valence-corrected chi connectivity index (χ1v) is 9.41. The third kappa shape index (κ3) is 4.19. The van der Waals surface area contributed by atoms with E-state index in [1.807, 2.05) is 32.9 Å². The highest BCUT2D eigenvalue weighted by Crippen LogP contribution is 2.37. The Morgan fingerprint density at radius 1 is 1.07 bits per heavy atom. The van der Waals surface area contributed by atoms with Crippen LogP contribution in [0.3, 0.4) is 0 Å². The monoisotopic (exact) mass is 381 g/mol. The topological polar surface area (TPSA) is 63.2 Å². The zero-order valence-corrected chi connectivity index (χ0v) is 16.3. The Kier molecular flexibility index (Phi) is 5.73. The Balaban J connectivity index is 1.66. The third-order valence-electron chi connectivity index (χ3n) is 5.32. The normalized spacial score (nSPS) is 19.1. The van der Waals surface area contributed by atoms with Crippen LogP contribution in [0.4, 0.5) is 4.39 Å². The van der Waals surface area contributed by atoms with Gasteiger partial charge in [0.05, 0.1) is 0 Å². The van der Waals surface area contributed by atoms with Crippen molar-refractivity contribution < 1.29 is 18.8 Å². The summed E-state index contributed by atoms with van der Waals surface area (Å²) < 4.78 is 12.9. The maximum Gasteiger partial charge on any atom is 0.221 e. The second-order valence-corrected chi connectivity index (χ2v) is 7.62. The number of amides is 1. The molecule has 2 aromatic rings. The minimum Gasteiger partial charge on any atom is -0.352 e. The van der Waals surface area contributed by atoms with Crippen LogP contribution in [0.5, 0.6) is 0 Å². The summed E-state index contributed by atoms with van der Waals surface area (Å²) in [6.45, 7) is 6.07. The number of rotatable bonds is 5. The van der Waals surface area contributed by atoms with Gasteiger partial charge in [-0.3, -0.25) is 14.4 Å². The van der Waals surface area contributed by atoms with Gasteiger partial charge in [0.25, 0.3) is 0 Å². The highest BCUT2D eigenvalue weighted by molar-refractivity contribution is 6.15. The fourth-order valence-electron chi connectivity index (χ4n) is 4.08. The number of benzene rings is 2. The van der Waals surface area contributed by atoms with Gasteiger partial charge < -0.3 is 5.32 Å². The number of halogens is 1. The van der Waals surface area contributed by atoms with E-state index in [-0.39, 0.29) is 42.7 Å². The lowest BCUT2D eigenvalue weighted by Crippen LogP contribution is -2.27. The molecule has 0 heterocycles. The summed E-state index contributed by atoms with van der Waals surface area (Å²) >= 11 is 0. The maximum absolute atomic E-state index is 12.9. The smallest absolute Gasteiger partial charge is 0.221 e. The first-order chi connectivity index (χ1) is 13.3. The fourth-order valence-corrected chi connectivity index (χ4v) is 4.08. The molecular weight excluding hydrogens is 357 g/mol. The van der Waals surface area contributed by atoms with Gasteiger partial charge in [0.1, 0.15) is 17.5 Å². The van der Waals surface area contributed by atoms with Crippen LogP contribution in [-0.2, 0) is 20.9 Å². The molecule has 1 amide bonds. The molecule has 2 unspecified atom stereocenters. The van der Waals surface area contributed by atoms with E-state index >= 15 is 0 Å². The minimum absolute atomic E-state index is 0.00771. The molecule has 2 aromatic carbocycles. The Morgan fingerprint density at radius 3 is 2.29 bits per heavy atom. The third-order valence-corrected chi connectivity index (χ3v) is 5.32. The zero-order valence-electron chi connectivity index (χ0n) is 16.3. The van der Waals surface area contributed by atoms with Gasteiger partial charge >= 0.3 is 0 Å². The molecule has 0 spiro atoms. The minimum atomic E-state index is -0.768. The fraction of sp³-hybridized carbons (Fsp3) is 0.348. The molecule has 146 valence electrons. The molecule has 0 aliphatic heterocycles. The van der Waals surface area contributed by atoms with E-state index in [9.17, 15) is 18.8 Å². The predicted molar refractivity (Wildman–Crippen MR) is 104 cm³/mol. The van der Waals surface area contributed by atoms with Crippen molar-refractivity contribution in [3.05, 3.63) is 70.0 Å². The van der Waals surface area contributed by atoms with Crippen molar-refractivity contribution in [2.45, 2.75) is 46.1 Å². The van der Waals surface area contributed by atoms with Gasteiger partial charge in [-0.1, -0.05) is 29.8 Å². The van der Waals surface area contributed by atoms with E-state index in [4.69, 9.17) is 0 Å². The van der Waals surface area contributed by atoms with Crippen LogP contribution in [0.15, 0.2) is 36.4 Å². The van der Waals surface area contributed by atoms with Gasteiger partial charge in [-0.25, -0.2) is 4.39 Å². The van der Waals surface area contributed by atoms with Crippen LogP contribution >= 0.6 is 0 Å². The molecule has 28 heavy (non-hydrogen) atoms. The first-order valence-electron chi connectivity index (χ1n) is 9.41. The quantitative estimate of drug-likeness (QED) is 0.804. The van der Waals surface area contributed by atoms with Gasteiger partial charge in [-0.2, -0.15) is 0 Å². The number of ketones is 2. The number of aryl methyl sites for hydroxylation is 3. The number of carbonyl (C=O) groups is 3. The van der Waals surface area contributed by atoms with E-state index in [2.05, 4.69) is 5.32 Å². The molecule has 1 N–H and O–H groups in total. The van der Waals surface area contributed by atoms with E-state index in [0.717, 1.165) is 27.8 Å². The molecule has 3 rings (SSSR count). The van der Waals surface area contributed by atoms with Gasteiger partial charge in [0.2, 0.25) is 5.91 Å². The summed E-state index contributed by atoms with van der Waals surface area (Å²) in [5.74, 6) is -2.26. The second-order valence-electron chi connectivity index (χ2n) is 7.62. The largest absolute Gasteiger partial charge is 0.352 e. The summed E-state index contributed by atoms with van der Waals surface area (Å²) in [5, 5.41) is 2.74. The highest BCUT2D eigenvalue weighted by Gasteiger charge is 2.43. The second kappa shape index (κ2) is 8.05. The number of hydrogen-bond acceptors (Lipinski definition) is 3. The van der Waals surface area contributed by atoms with Crippen molar-refractivity contribution in [3.63, 3.8) is 0 Å². The molecule has 1 saturated carbocycles. The van der Waals surface area contributed by atoms with Crippen LogP contribution in [-0.4, -0.2) is 17.5 Å². The standard InChI is InChI=1S/C23H24FNO3/c1-13-8-14(2)21(15(3)9-13)22-19(26)10-17(23(22)28)11-20(27)25-12-16-4-6-18(24)7-5-16/h4-9,17,22H,10-12H2,1-3H3,(H,25,27). The molecule has 0 aromatic heterocycles. The molecule has 2 atom stereocenters. The molecule has 5 heteroatoms. The molecular formula is C23H24FNO3. The van der Waals surface area contributed by atoms with Crippen LogP contribution in [0.2, 0.25) is 0 Å². The average molecular weight is 381 g/mol. The Labute approximate surface area is 164 Å². The summed E-state index contributed by atoms with van der Waals surface area (Å²) in [7, 11) is 0. The lowest BCUT2D eigenvalue weighted by Gasteiger charge is -2.16. The van der Waals surface area contributed by atoms with Crippen molar-refractivity contribution in [1.82, 2.24) is 5.32 Å². The molecule has 0 radical (unpaired) electrons. The molecule has 0 bridgehead atoms. The average Bonchev–Trinajstić information content (AvgIpc) is 2.88. The summed E-state index contributed by atoms with van der Waals surface area (Å²) in [6.07, 6.45) is 0.0897. The van der Waals surface area contributed by atoms with Gasteiger partial charge in [-0.15, -0.1) is 0 Å². The van der Waals surface area contributed by atoms with Crippen LogP contribution < -0.4 is 5.32 Å². The summed E-state index contributed by atoms with van der Waals surface area (Å²) in [4.78, 5) is 37.8. The number of nitrogens with one attached hydrogen (secondary N) is 1. The van der Waals surface area contributed by atoms with Crippen LogP contribution in [0.1, 0.15) is 46.6 Å². The molecule has 0 saturated heterocycles. The molecule has 1 fully saturated rings. The zero-order chi connectivity index (χ0) is 20.4. The van der Waals surface area contributed by atoms with Crippen LogP contribution in [0.25, 0.3) is 0 Å². The van der Waals surface area contributed by atoms with E-state index < -0.39 is 11.8 Å². The summed E-state index contributed by atoms with van der Waals surface area (Å²) in [6, 6.07) is 9.81. The SMILES string of the molecule is Cc1cc(C)c(C2C(=O)CC(CC(=O)NCc3ccc(F)cc3)C2=O)c(C)c1. The van der Waals surface area contributed by atoms with E-state index in [1.54, 1.807) is 12.1 Å². The van der Waals surface area contributed by atoms with Crippen molar-refractivity contribution in [2.24, 2.45) is 5.92 Å². The van der Waals surface area contributed by atoms with Gasteiger partial charge in [0.15, 0.2) is 5.78 Å². The van der Waals surface area contributed by atoms with Crippen molar-refractivity contribution in [2.75, 3.05) is 0 Å². The Hall–Kier alpha value is -2.82. The predicted octanol–water partition coefficient (Wildman–Crippen LogP) is 3.70. The number of Topliss-reactive ketones (excluding diaryl/α,β-unsaturated/α-hetero) is 2. The first kappa shape index (κ1) is 19.9. The number of hydrogen-bond donors (Lipinski definition) is 1. The molecule has 1 aliphatic carbocycles.